The van der Waals surface area contributed by atoms with Gasteiger partial charge < -0.3 is 4.74 Å². The fourth-order valence-corrected chi connectivity index (χ4v) is 1.76. The summed E-state index contributed by atoms with van der Waals surface area (Å²) in [7, 11) is 0. The van der Waals surface area contributed by atoms with E-state index in [4.69, 9.17) is 0 Å². The van der Waals surface area contributed by atoms with Crippen LogP contribution >= 0.6 is 0 Å². The van der Waals surface area contributed by atoms with Crippen molar-refractivity contribution < 1.29 is 36.3 Å². The SMILES string of the molecule is CCOC(=O)CCCCC(=O)c1c(F)c(F)c(F)c(F)c1F. The molecule has 1 rings (SSSR count). The van der Waals surface area contributed by atoms with Crippen LogP contribution < -0.4 is 0 Å². The maximum Gasteiger partial charge on any atom is 0.305 e. The van der Waals surface area contributed by atoms with Crippen molar-refractivity contribution in [3.63, 3.8) is 0 Å². The Morgan fingerprint density at radius 2 is 1.27 bits per heavy atom. The lowest BCUT2D eigenvalue weighted by molar-refractivity contribution is -0.143. The van der Waals surface area contributed by atoms with Crippen LogP contribution in [0.3, 0.4) is 0 Å². The molecule has 0 bridgehead atoms. The molecule has 0 unspecified atom stereocenters. The standard InChI is InChI=1S/C14H13F5O3/c1-2-22-8(21)6-4-3-5-7(20)9-10(15)12(17)14(19)13(18)11(9)16/h2-6H2,1H3. The van der Waals surface area contributed by atoms with Gasteiger partial charge in [0.15, 0.2) is 29.1 Å². The van der Waals surface area contributed by atoms with Gasteiger partial charge in [-0.05, 0) is 19.8 Å². The molecule has 0 aliphatic carbocycles. The lowest BCUT2D eigenvalue weighted by Gasteiger charge is -2.07. The molecule has 0 amide bonds. The molecule has 0 aliphatic heterocycles. The first-order valence-corrected chi connectivity index (χ1v) is 6.51. The Morgan fingerprint density at radius 3 is 1.77 bits per heavy atom. The molecule has 0 fully saturated rings. The minimum Gasteiger partial charge on any atom is -0.466 e. The Morgan fingerprint density at radius 1 is 0.818 bits per heavy atom. The molecule has 1 aromatic carbocycles. The van der Waals surface area contributed by atoms with E-state index >= 15 is 0 Å². The second-order valence-corrected chi connectivity index (χ2v) is 4.38. The van der Waals surface area contributed by atoms with Crippen LogP contribution in [0.5, 0.6) is 0 Å². The average Bonchev–Trinajstić information content (AvgIpc) is 2.48. The Labute approximate surface area is 123 Å². The third-order valence-corrected chi connectivity index (χ3v) is 2.83. The molecular formula is C14H13F5O3. The fourth-order valence-electron chi connectivity index (χ4n) is 1.76. The van der Waals surface area contributed by atoms with E-state index in [0.717, 1.165) is 0 Å². The highest BCUT2D eigenvalue weighted by molar-refractivity contribution is 5.96. The van der Waals surface area contributed by atoms with Crippen LogP contribution in [0.25, 0.3) is 0 Å². The van der Waals surface area contributed by atoms with Crippen molar-refractivity contribution in [2.24, 2.45) is 0 Å². The maximum absolute atomic E-state index is 13.4. The largest absolute Gasteiger partial charge is 0.466 e. The summed E-state index contributed by atoms with van der Waals surface area (Å²) in [6.45, 7) is 1.81. The van der Waals surface area contributed by atoms with Gasteiger partial charge in [-0.3, -0.25) is 9.59 Å². The highest BCUT2D eigenvalue weighted by Gasteiger charge is 2.29. The summed E-state index contributed by atoms with van der Waals surface area (Å²) >= 11 is 0. The zero-order chi connectivity index (χ0) is 16.9. The van der Waals surface area contributed by atoms with E-state index in [2.05, 4.69) is 4.74 Å². The summed E-state index contributed by atoms with van der Waals surface area (Å²) in [5.41, 5.74) is -1.45. The first-order valence-electron chi connectivity index (χ1n) is 6.51. The molecule has 0 N–H and O–H groups in total. The number of hydrogen-bond acceptors (Lipinski definition) is 3. The predicted octanol–water partition coefficient (Wildman–Crippen LogP) is 3.69. The highest BCUT2D eigenvalue weighted by Crippen LogP contribution is 2.24. The van der Waals surface area contributed by atoms with Gasteiger partial charge in [-0.15, -0.1) is 0 Å². The summed E-state index contributed by atoms with van der Waals surface area (Å²) < 4.78 is 70.2. The Kier molecular flexibility index (Phi) is 6.45. The molecular weight excluding hydrogens is 311 g/mol. The summed E-state index contributed by atoms with van der Waals surface area (Å²) in [6.07, 6.45) is -0.201. The van der Waals surface area contributed by atoms with E-state index in [-0.39, 0.29) is 25.9 Å². The molecule has 1 aromatic rings. The second-order valence-electron chi connectivity index (χ2n) is 4.38. The van der Waals surface area contributed by atoms with Crippen molar-refractivity contribution in [2.45, 2.75) is 32.6 Å². The van der Waals surface area contributed by atoms with Crippen LogP contribution in [-0.2, 0) is 9.53 Å². The lowest BCUT2D eigenvalue weighted by Crippen LogP contribution is -2.13. The molecule has 0 atom stereocenters. The monoisotopic (exact) mass is 324 g/mol. The molecule has 0 radical (unpaired) electrons. The maximum atomic E-state index is 13.4. The summed E-state index contributed by atoms with van der Waals surface area (Å²) in [6, 6.07) is 0. The number of benzene rings is 1. The molecule has 0 aromatic heterocycles. The number of ketones is 1. The van der Waals surface area contributed by atoms with Crippen LogP contribution in [0.1, 0.15) is 43.0 Å². The van der Waals surface area contributed by atoms with E-state index in [0.29, 0.717) is 0 Å². The van der Waals surface area contributed by atoms with Crippen LogP contribution in [0.2, 0.25) is 0 Å². The molecule has 3 nitrogen and oxygen atoms in total. The Balaban J connectivity index is 2.73. The van der Waals surface area contributed by atoms with Crippen LogP contribution in [0.4, 0.5) is 22.0 Å². The van der Waals surface area contributed by atoms with E-state index in [1.165, 1.54) is 0 Å². The number of esters is 1. The predicted molar refractivity (Wildman–Crippen MR) is 65.7 cm³/mol. The molecule has 122 valence electrons. The third kappa shape index (κ3) is 4.02. The number of carbonyl (C=O) groups excluding carboxylic acids is 2. The quantitative estimate of drug-likeness (QED) is 0.192. The van der Waals surface area contributed by atoms with Crippen molar-refractivity contribution in [2.75, 3.05) is 6.61 Å². The first kappa shape index (κ1) is 18.1. The van der Waals surface area contributed by atoms with Gasteiger partial charge >= 0.3 is 5.97 Å². The van der Waals surface area contributed by atoms with Crippen molar-refractivity contribution in [3.05, 3.63) is 34.6 Å². The van der Waals surface area contributed by atoms with Crippen LogP contribution in [0, 0.1) is 29.1 Å². The number of ether oxygens (including phenoxy) is 1. The normalized spacial score (nSPS) is 10.6. The third-order valence-electron chi connectivity index (χ3n) is 2.83. The second kappa shape index (κ2) is 7.86. The topological polar surface area (TPSA) is 43.4 Å². The Hall–Kier alpha value is -1.99. The number of unbranched alkanes of at least 4 members (excludes halogenated alkanes) is 1. The van der Waals surface area contributed by atoms with E-state index in [1.54, 1.807) is 6.92 Å². The molecule has 0 aliphatic rings. The molecule has 0 saturated carbocycles. The van der Waals surface area contributed by atoms with Gasteiger partial charge in [0.25, 0.3) is 0 Å². The zero-order valence-electron chi connectivity index (χ0n) is 11.7. The average molecular weight is 324 g/mol. The number of hydrogen-bond donors (Lipinski definition) is 0. The van der Waals surface area contributed by atoms with Gasteiger partial charge in [0.1, 0.15) is 0 Å². The fraction of sp³-hybridized carbons (Fsp3) is 0.429. The first-order chi connectivity index (χ1) is 10.3. The molecule has 0 saturated heterocycles. The molecule has 8 heteroatoms. The summed E-state index contributed by atoms with van der Waals surface area (Å²) in [5.74, 6) is -12.6. The Bertz CT molecular complexity index is 557. The molecule has 0 spiro atoms. The molecule has 22 heavy (non-hydrogen) atoms. The van der Waals surface area contributed by atoms with Crippen LogP contribution in [-0.4, -0.2) is 18.4 Å². The van der Waals surface area contributed by atoms with E-state index in [1.807, 2.05) is 0 Å². The minimum absolute atomic E-state index is 0.00176. The van der Waals surface area contributed by atoms with Gasteiger partial charge in [-0.25, -0.2) is 22.0 Å². The van der Waals surface area contributed by atoms with Gasteiger partial charge in [0, 0.05) is 12.8 Å². The highest BCUT2D eigenvalue weighted by atomic mass is 19.2. The number of halogens is 5. The number of rotatable bonds is 7. The van der Waals surface area contributed by atoms with Crippen molar-refractivity contribution in [1.29, 1.82) is 0 Å². The molecule has 0 heterocycles. The number of Topliss-reactive ketones (excluding diaryl/α,β-unsaturated/α-hetero) is 1. The summed E-state index contributed by atoms with van der Waals surface area (Å²) in [5, 5.41) is 0. The van der Waals surface area contributed by atoms with E-state index < -0.39 is 52.8 Å². The van der Waals surface area contributed by atoms with Gasteiger partial charge in [-0.1, -0.05) is 0 Å². The van der Waals surface area contributed by atoms with Crippen molar-refractivity contribution in [3.8, 4) is 0 Å². The van der Waals surface area contributed by atoms with Crippen LogP contribution in [0.15, 0.2) is 0 Å². The summed E-state index contributed by atoms with van der Waals surface area (Å²) in [4.78, 5) is 22.6. The van der Waals surface area contributed by atoms with Crippen molar-refractivity contribution >= 4 is 11.8 Å². The lowest BCUT2D eigenvalue weighted by atomic mass is 10.0. The zero-order valence-corrected chi connectivity index (χ0v) is 11.7. The van der Waals surface area contributed by atoms with Crippen molar-refractivity contribution in [1.82, 2.24) is 0 Å². The smallest absolute Gasteiger partial charge is 0.305 e. The minimum atomic E-state index is -2.31. The van der Waals surface area contributed by atoms with E-state index in [9.17, 15) is 31.5 Å². The van der Waals surface area contributed by atoms with Gasteiger partial charge in [0.2, 0.25) is 5.82 Å². The number of carbonyl (C=O) groups is 2. The van der Waals surface area contributed by atoms with Gasteiger partial charge in [-0.2, -0.15) is 0 Å². The van der Waals surface area contributed by atoms with Gasteiger partial charge in [0.05, 0.1) is 12.2 Å².